The highest BCUT2D eigenvalue weighted by Gasteiger charge is 2.22. The molecular weight excluding hydrogens is 274 g/mol. The number of hydrogen-bond acceptors (Lipinski definition) is 4. The zero-order valence-corrected chi connectivity index (χ0v) is 13.1. The predicted octanol–water partition coefficient (Wildman–Crippen LogP) is 1.95. The normalized spacial score (nSPS) is 24.4. The molecule has 0 aliphatic carbocycles. The van der Waals surface area contributed by atoms with E-state index in [0.29, 0.717) is 17.8 Å². The first-order valence-corrected chi connectivity index (χ1v) is 8.77. The summed E-state index contributed by atoms with van der Waals surface area (Å²) in [6, 6.07) is 8.42. The third-order valence-corrected chi connectivity index (χ3v) is 4.35. The van der Waals surface area contributed by atoms with E-state index >= 15 is 0 Å². The van der Waals surface area contributed by atoms with Crippen LogP contribution in [0, 0.1) is 0 Å². The number of sulfonamides is 1. The van der Waals surface area contributed by atoms with E-state index in [-0.39, 0.29) is 0 Å². The largest absolute Gasteiger partial charge is 0.382 e. The molecule has 2 N–H and O–H groups in total. The van der Waals surface area contributed by atoms with Crippen LogP contribution in [0.4, 0.5) is 11.4 Å². The smallest absolute Gasteiger partial charge is 0.229 e. The van der Waals surface area contributed by atoms with Gasteiger partial charge in [0.1, 0.15) is 0 Å². The van der Waals surface area contributed by atoms with Crippen LogP contribution in [-0.4, -0.2) is 45.2 Å². The van der Waals surface area contributed by atoms with Crippen LogP contribution in [0.15, 0.2) is 24.3 Å². The van der Waals surface area contributed by atoms with E-state index in [2.05, 4.69) is 28.9 Å². The van der Waals surface area contributed by atoms with Crippen molar-refractivity contribution in [2.75, 3.05) is 29.9 Å². The van der Waals surface area contributed by atoms with Gasteiger partial charge in [0.15, 0.2) is 0 Å². The molecule has 1 aromatic rings. The molecule has 1 aliphatic rings. The molecule has 0 saturated carbocycles. The number of nitrogens with one attached hydrogen (secondary N) is 2. The Morgan fingerprint density at radius 2 is 2.00 bits per heavy atom. The molecule has 6 heteroatoms. The number of likely N-dealkylation sites (tertiary alicyclic amines) is 1. The molecule has 0 amide bonds. The lowest BCUT2D eigenvalue weighted by Gasteiger charge is -2.35. The van der Waals surface area contributed by atoms with Crippen LogP contribution in [0.1, 0.15) is 19.8 Å². The van der Waals surface area contributed by atoms with Crippen molar-refractivity contribution >= 4 is 21.4 Å². The summed E-state index contributed by atoms with van der Waals surface area (Å²) >= 11 is 0. The standard InChI is InChI=1S/C14H23N3O2S/c1-11-9-13(7-8-17(11)2)15-12-5-4-6-14(10-12)16-20(3,18)19/h4-6,10-11,13,15-16H,7-9H2,1-3H3. The number of rotatable bonds is 4. The molecule has 0 spiro atoms. The van der Waals surface area contributed by atoms with Gasteiger partial charge in [-0.25, -0.2) is 8.42 Å². The molecule has 2 atom stereocenters. The van der Waals surface area contributed by atoms with E-state index in [1.807, 2.05) is 18.2 Å². The molecule has 1 heterocycles. The number of piperidine rings is 1. The molecule has 20 heavy (non-hydrogen) atoms. The minimum atomic E-state index is -3.23. The summed E-state index contributed by atoms with van der Waals surface area (Å²) in [6.07, 6.45) is 3.36. The molecule has 1 aliphatic heterocycles. The molecule has 112 valence electrons. The maximum atomic E-state index is 11.2. The van der Waals surface area contributed by atoms with Gasteiger partial charge in [0, 0.05) is 24.3 Å². The number of nitrogens with zero attached hydrogens (tertiary/aromatic N) is 1. The van der Waals surface area contributed by atoms with Crippen molar-refractivity contribution in [1.82, 2.24) is 4.90 Å². The molecule has 0 bridgehead atoms. The Bertz CT molecular complexity index is 559. The lowest BCUT2D eigenvalue weighted by atomic mass is 9.98. The van der Waals surface area contributed by atoms with Crippen molar-refractivity contribution in [3.8, 4) is 0 Å². The Balaban J connectivity index is 2.01. The SMILES string of the molecule is CC1CC(Nc2cccc(NS(C)(=O)=O)c2)CCN1C. The van der Waals surface area contributed by atoms with Gasteiger partial charge in [-0.15, -0.1) is 0 Å². The number of anilines is 2. The van der Waals surface area contributed by atoms with Crippen molar-refractivity contribution in [2.24, 2.45) is 0 Å². The van der Waals surface area contributed by atoms with Gasteiger partial charge in [0.2, 0.25) is 10.0 Å². The number of hydrogen-bond donors (Lipinski definition) is 2. The van der Waals surface area contributed by atoms with Crippen LogP contribution in [0.3, 0.4) is 0 Å². The molecule has 5 nitrogen and oxygen atoms in total. The second kappa shape index (κ2) is 6.01. The molecule has 1 aromatic carbocycles. The summed E-state index contributed by atoms with van der Waals surface area (Å²) in [7, 11) is -1.08. The van der Waals surface area contributed by atoms with E-state index in [1.54, 1.807) is 6.07 Å². The van der Waals surface area contributed by atoms with Crippen LogP contribution >= 0.6 is 0 Å². The monoisotopic (exact) mass is 297 g/mol. The fourth-order valence-electron chi connectivity index (χ4n) is 2.54. The molecule has 1 saturated heterocycles. The lowest BCUT2D eigenvalue weighted by Crippen LogP contribution is -2.42. The van der Waals surface area contributed by atoms with Crippen molar-refractivity contribution in [1.29, 1.82) is 0 Å². The Morgan fingerprint density at radius 1 is 1.30 bits per heavy atom. The number of benzene rings is 1. The molecule has 2 rings (SSSR count). The van der Waals surface area contributed by atoms with Crippen molar-refractivity contribution in [3.05, 3.63) is 24.3 Å². The minimum absolute atomic E-state index is 0.440. The molecule has 1 fully saturated rings. The molecule has 0 aromatic heterocycles. The Labute approximate surface area is 121 Å². The zero-order valence-electron chi connectivity index (χ0n) is 12.3. The third-order valence-electron chi connectivity index (χ3n) is 3.74. The topological polar surface area (TPSA) is 61.4 Å². The van der Waals surface area contributed by atoms with Crippen molar-refractivity contribution in [3.63, 3.8) is 0 Å². The van der Waals surface area contributed by atoms with Crippen LogP contribution < -0.4 is 10.0 Å². The highest BCUT2D eigenvalue weighted by molar-refractivity contribution is 7.92. The minimum Gasteiger partial charge on any atom is -0.382 e. The predicted molar refractivity (Wildman–Crippen MR) is 83.6 cm³/mol. The van der Waals surface area contributed by atoms with Crippen LogP contribution in [0.2, 0.25) is 0 Å². The van der Waals surface area contributed by atoms with Gasteiger partial charge in [-0.2, -0.15) is 0 Å². The van der Waals surface area contributed by atoms with E-state index < -0.39 is 10.0 Å². The quantitative estimate of drug-likeness (QED) is 0.892. The van der Waals surface area contributed by atoms with Gasteiger partial charge in [-0.05, 0) is 45.0 Å². The second-order valence-electron chi connectivity index (χ2n) is 5.65. The zero-order chi connectivity index (χ0) is 14.8. The fourth-order valence-corrected chi connectivity index (χ4v) is 3.10. The van der Waals surface area contributed by atoms with Crippen LogP contribution in [0.5, 0.6) is 0 Å². The van der Waals surface area contributed by atoms with E-state index in [4.69, 9.17) is 0 Å². The van der Waals surface area contributed by atoms with Gasteiger partial charge < -0.3 is 10.2 Å². The Kier molecular flexibility index (Phi) is 4.55. The molecule has 2 unspecified atom stereocenters. The lowest BCUT2D eigenvalue weighted by molar-refractivity contribution is 0.190. The first kappa shape index (κ1) is 15.1. The van der Waals surface area contributed by atoms with E-state index in [1.165, 1.54) is 0 Å². The van der Waals surface area contributed by atoms with Crippen LogP contribution in [0.25, 0.3) is 0 Å². The summed E-state index contributed by atoms with van der Waals surface area (Å²) in [6.45, 7) is 3.32. The van der Waals surface area contributed by atoms with Gasteiger partial charge in [0.25, 0.3) is 0 Å². The first-order chi connectivity index (χ1) is 9.33. The van der Waals surface area contributed by atoms with Crippen LogP contribution in [-0.2, 0) is 10.0 Å². The summed E-state index contributed by atoms with van der Waals surface area (Å²) in [5.41, 5.74) is 1.55. The average molecular weight is 297 g/mol. The highest BCUT2D eigenvalue weighted by atomic mass is 32.2. The molecule has 0 radical (unpaired) electrons. The average Bonchev–Trinajstić information content (AvgIpc) is 2.32. The Morgan fingerprint density at radius 3 is 2.65 bits per heavy atom. The first-order valence-electron chi connectivity index (χ1n) is 6.88. The van der Waals surface area contributed by atoms with E-state index in [9.17, 15) is 8.42 Å². The van der Waals surface area contributed by atoms with Gasteiger partial charge >= 0.3 is 0 Å². The maximum Gasteiger partial charge on any atom is 0.229 e. The van der Waals surface area contributed by atoms with Gasteiger partial charge in [-0.3, -0.25) is 4.72 Å². The summed E-state index contributed by atoms with van der Waals surface area (Å²) < 4.78 is 25.0. The van der Waals surface area contributed by atoms with Gasteiger partial charge in [0.05, 0.1) is 11.9 Å². The maximum absolute atomic E-state index is 11.2. The molecular formula is C14H23N3O2S. The van der Waals surface area contributed by atoms with Gasteiger partial charge in [-0.1, -0.05) is 6.07 Å². The summed E-state index contributed by atoms with van der Waals surface area (Å²) in [5.74, 6) is 0. The van der Waals surface area contributed by atoms with Crippen molar-refractivity contribution in [2.45, 2.75) is 31.8 Å². The fraction of sp³-hybridized carbons (Fsp3) is 0.571. The van der Waals surface area contributed by atoms with Crippen molar-refractivity contribution < 1.29 is 8.42 Å². The Hall–Kier alpha value is -1.27. The summed E-state index contributed by atoms with van der Waals surface area (Å²) in [4.78, 5) is 2.36. The highest BCUT2D eigenvalue weighted by Crippen LogP contribution is 2.22. The second-order valence-corrected chi connectivity index (χ2v) is 7.40. The third kappa shape index (κ3) is 4.38. The summed E-state index contributed by atoms with van der Waals surface area (Å²) in [5, 5.41) is 3.50. The van der Waals surface area contributed by atoms with E-state index in [0.717, 1.165) is 31.3 Å².